The summed E-state index contributed by atoms with van der Waals surface area (Å²) < 4.78 is 5.02. The van der Waals surface area contributed by atoms with Crippen molar-refractivity contribution < 1.29 is 57.8 Å². The van der Waals surface area contributed by atoms with Crippen molar-refractivity contribution >= 4 is 59.1 Å². The molecule has 85 heavy (non-hydrogen) atoms. The first-order valence-corrected chi connectivity index (χ1v) is 30.9. The lowest BCUT2D eigenvalue weighted by Crippen LogP contribution is -2.61. The van der Waals surface area contributed by atoms with Crippen LogP contribution in [0.1, 0.15) is 162 Å². The lowest BCUT2D eigenvalue weighted by molar-refractivity contribution is -0.155. The Morgan fingerprint density at radius 1 is 0.682 bits per heavy atom. The van der Waals surface area contributed by atoms with E-state index in [0.29, 0.717) is 58.0 Å². The Kier molecular flexibility index (Phi) is 29.3. The largest absolute Gasteiger partial charge is 0.508 e. The number of unbranched alkanes of at least 4 members (excludes halogenated alkanes) is 5. The van der Waals surface area contributed by atoms with Crippen LogP contribution in [-0.4, -0.2) is 179 Å². The Bertz CT molecular complexity index is 2530. The van der Waals surface area contributed by atoms with Crippen molar-refractivity contribution in [1.82, 2.24) is 40.4 Å². The normalized spacial score (nSPS) is 17.0. The number of likely N-dealkylation sites (tertiary alicyclic amines) is 2. The zero-order valence-corrected chi connectivity index (χ0v) is 52.3. The van der Waals surface area contributed by atoms with Crippen molar-refractivity contribution in [3.63, 3.8) is 0 Å². The molecule has 2 aliphatic rings. The molecule has 0 aromatic heterocycles. The summed E-state index contributed by atoms with van der Waals surface area (Å²) >= 11 is 0. The maximum atomic E-state index is 14.8. The number of carbonyl (C=O) groups is 10. The molecule has 0 saturated carbocycles. The number of primary amides is 1. The Morgan fingerprint density at radius 3 is 1.89 bits per heavy atom. The van der Waals surface area contributed by atoms with E-state index in [0.717, 1.165) is 56.1 Å². The summed E-state index contributed by atoms with van der Waals surface area (Å²) in [6, 6.07) is 8.75. The predicted molar refractivity (Wildman–Crippen MR) is 324 cm³/mol. The van der Waals surface area contributed by atoms with E-state index in [2.05, 4.69) is 16.0 Å². The van der Waals surface area contributed by atoms with E-state index in [1.807, 2.05) is 70.2 Å². The van der Waals surface area contributed by atoms with E-state index in [4.69, 9.17) is 10.5 Å². The van der Waals surface area contributed by atoms with Gasteiger partial charge in [-0.3, -0.25) is 43.2 Å². The van der Waals surface area contributed by atoms with Gasteiger partial charge in [-0.2, -0.15) is 0 Å². The van der Waals surface area contributed by atoms with Gasteiger partial charge in [-0.1, -0.05) is 116 Å². The number of ether oxygens (including phenoxy) is 1. The molecule has 2 saturated heterocycles. The summed E-state index contributed by atoms with van der Waals surface area (Å²) in [5.74, 6) is -5.50. The van der Waals surface area contributed by atoms with Crippen molar-refractivity contribution in [3.05, 3.63) is 65.7 Å². The first-order valence-electron chi connectivity index (χ1n) is 30.9. The highest BCUT2D eigenvalue weighted by Crippen LogP contribution is 2.27. The summed E-state index contributed by atoms with van der Waals surface area (Å²) in [7, 11) is 5.84. The van der Waals surface area contributed by atoms with Gasteiger partial charge in [0.2, 0.25) is 53.2 Å². The van der Waals surface area contributed by atoms with E-state index in [1.165, 1.54) is 45.7 Å². The number of phenols is 1. The van der Waals surface area contributed by atoms with Crippen LogP contribution in [0.15, 0.2) is 54.6 Å². The maximum absolute atomic E-state index is 14.8. The van der Waals surface area contributed by atoms with Gasteiger partial charge in [-0.15, -0.1) is 0 Å². The lowest BCUT2D eigenvalue weighted by Gasteiger charge is -2.37. The van der Waals surface area contributed by atoms with Crippen LogP contribution in [0.25, 0.3) is 0 Å². The van der Waals surface area contributed by atoms with Crippen molar-refractivity contribution in [2.75, 3.05) is 47.9 Å². The molecule has 2 aliphatic heterocycles. The number of hydrogen-bond acceptors (Lipinski definition) is 12. The van der Waals surface area contributed by atoms with Crippen LogP contribution >= 0.6 is 0 Å². The number of aryl methyl sites for hydroxylation is 1. The van der Waals surface area contributed by atoms with Crippen molar-refractivity contribution in [2.45, 2.75) is 206 Å². The standard InChI is InChI=1S/C64H99N9O12/c1-11-44(6)56(68-58(78)51(40-42(2)3)69(7)55(77)30-19-14-12-13-15-20-37-66-54(76)29-21-26-45-31-33-47(74)34-32-45)63(83)71(9)57(43(4)5)59(79)67-48(35-36-53(65)75)60(80)72-38-22-27-49(72)61(81)70(8)52(41-46-24-17-16-18-25-46)62(82)73-39-23-28-50(73)64(84)85-10/h16-18,24-25,31-34,42-44,48-52,56-57,74H,11-15,19-23,26-30,35-41H2,1-10H3,(H2,65,75)(H,66,76)(H,67,79)(H,68,78). The molecule has 0 radical (unpaired) electrons. The third-order valence-corrected chi connectivity index (χ3v) is 16.7. The van der Waals surface area contributed by atoms with Gasteiger partial charge in [0.1, 0.15) is 48.0 Å². The highest BCUT2D eigenvalue weighted by Gasteiger charge is 2.45. The quantitative estimate of drug-likeness (QED) is 0.0427. The third kappa shape index (κ3) is 21.4. The number of nitrogens with two attached hydrogens (primary N) is 1. The van der Waals surface area contributed by atoms with Gasteiger partial charge < -0.3 is 56.0 Å². The van der Waals surface area contributed by atoms with Gasteiger partial charge >= 0.3 is 5.97 Å². The molecule has 2 aromatic carbocycles. The van der Waals surface area contributed by atoms with E-state index >= 15 is 0 Å². The average Bonchev–Trinajstić information content (AvgIpc) is 3.29. The highest BCUT2D eigenvalue weighted by molar-refractivity contribution is 5.98. The molecule has 0 aliphatic carbocycles. The van der Waals surface area contributed by atoms with Crippen LogP contribution in [0.5, 0.6) is 5.75 Å². The van der Waals surface area contributed by atoms with Gasteiger partial charge in [0.25, 0.3) is 0 Å². The minimum atomic E-state index is -1.35. The third-order valence-electron chi connectivity index (χ3n) is 16.7. The van der Waals surface area contributed by atoms with Crippen LogP contribution in [0, 0.1) is 17.8 Å². The van der Waals surface area contributed by atoms with Crippen LogP contribution in [0.2, 0.25) is 0 Å². The second-order valence-electron chi connectivity index (χ2n) is 24.0. The summed E-state index contributed by atoms with van der Waals surface area (Å²) in [4.78, 5) is 146. The van der Waals surface area contributed by atoms with Crippen molar-refractivity contribution in [2.24, 2.45) is 23.5 Å². The smallest absolute Gasteiger partial charge is 0.328 e. The summed E-state index contributed by atoms with van der Waals surface area (Å²) in [5.41, 5.74) is 7.45. The first kappa shape index (κ1) is 70.4. The maximum Gasteiger partial charge on any atom is 0.328 e. The van der Waals surface area contributed by atoms with E-state index < -0.39 is 101 Å². The molecule has 2 fully saturated rings. The molecule has 4 rings (SSSR count). The number of rotatable bonds is 35. The SMILES string of the molecule is CCC(C)C(NC(=O)C(CC(C)C)N(C)C(=O)CCCCCCCCNC(=O)CCCc1ccc(O)cc1)C(=O)N(C)C(C(=O)NC(CCC(N)=O)C(=O)N1CCCC1C(=O)N(C)C(Cc1ccccc1)C(=O)N1CCCC1C(=O)OC)C(C)C. The Morgan fingerprint density at radius 2 is 1.29 bits per heavy atom. The molecule has 9 amide bonds. The summed E-state index contributed by atoms with van der Waals surface area (Å²) in [6.45, 7) is 12.1. The molecule has 2 heterocycles. The number of methoxy groups -OCH3 is 1. The Labute approximate surface area is 504 Å². The Hall–Kier alpha value is -7.06. The zero-order chi connectivity index (χ0) is 62.9. The molecule has 8 atom stereocenters. The molecule has 21 nitrogen and oxygen atoms in total. The minimum absolute atomic E-state index is 0.0128. The molecule has 2 aromatic rings. The van der Waals surface area contributed by atoms with Crippen LogP contribution < -0.4 is 21.7 Å². The minimum Gasteiger partial charge on any atom is -0.508 e. The fourth-order valence-electron chi connectivity index (χ4n) is 11.5. The molecule has 0 bridgehead atoms. The number of phenolic OH excluding ortho intramolecular Hbond substituents is 1. The number of aromatic hydroxyl groups is 1. The Balaban J connectivity index is 1.40. The predicted octanol–water partition coefficient (Wildman–Crippen LogP) is 5.42. The van der Waals surface area contributed by atoms with Gasteiger partial charge in [0, 0.05) is 66.5 Å². The fraction of sp³-hybridized carbons (Fsp3) is 0.656. The van der Waals surface area contributed by atoms with Gasteiger partial charge in [-0.25, -0.2) is 4.79 Å². The molecule has 0 spiro atoms. The topological polar surface area (TPSA) is 278 Å². The van der Waals surface area contributed by atoms with E-state index in [-0.39, 0.29) is 62.1 Å². The zero-order valence-electron chi connectivity index (χ0n) is 52.3. The second kappa shape index (κ2) is 35.4. The number of amides is 9. The van der Waals surface area contributed by atoms with E-state index in [1.54, 1.807) is 33.0 Å². The molecule has 21 heteroatoms. The van der Waals surface area contributed by atoms with Crippen LogP contribution in [0.3, 0.4) is 0 Å². The van der Waals surface area contributed by atoms with Crippen molar-refractivity contribution in [3.8, 4) is 5.75 Å². The number of benzene rings is 2. The second-order valence-corrected chi connectivity index (χ2v) is 24.0. The highest BCUT2D eigenvalue weighted by atomic mass is 16.5. The molecule has 6 N–H and O–H groups in total. The van der Waals surface area contributed by atoms with Crippen LogP contribution in [0.4, 0.5) is 0 Å². The number of likely N-dealkylation sites (N-methyl/N-ethyl adjacent to an activating group) is 3. The summed E-state index contributed by atoms with van der Waals surface area (Å²) in [5, 5.41) is 18.2. The number of nitrogens with zero attached hydrogens (tertiary/aromatic N) is 5. The molecular weight excluding hydrogens is 1090 g/mol. The monoisotopic (exact) mass is 1190 g/mol. The number of carbonyl (C=O) groups excluding carboxylic acids is 10. The number of nitrogens with one attached hydrogen (secondary N) is 3. The average molecular weight is 1190 g/mol. The lowest BCUT2D eigenvalue weighted by atomic mass is 9.94. The van der Waals surface area contributed by atoms with Gasteiger partial charge in [-0.05, 0) is 105 Å². The van der Waals surface area contributed by atoms with Crippen LogP contribution in [-0.2, 0) is 65.5 Å². The van der Waals surface area contributed by atoms with Gasteiger partial charge in [0.15, 0.2) is 0 Å². The van der Waals surface area contributed by atoms with E-state index in [9.17, 15) is 53.1 Å². The summed E-state index contributed by atoms with van der Waals surface area (Å²) in [6.07, 6.45) is 9.39. The number of hydrogen-bond donors (Lipinski definition) is 5. The van der Waals surface area contributed by atoms with Crippen molar-refractivity contribution in [1.29, 1.82) is 0 Å². The fourth-order valence-corrected chi connectivity index (χ4v) is 11.5. The first-order chi connectivity index (χ1) is 40.4. The van der Waals surface area contributed by atoms with Gasteiger partial charge in [0.05, 0.1) is 7.11 Å². The molecule has 8 unspecified atom stereocenters. The molecular formula is C64H99N9O12. The number of esters is 1. The molecule has 472 valence electrons.